The van der Waals surface area contributed by atoms with Crippen LogP contribution in [0, 0.1) is 5.92 Å². The molecular weight excluding hydrogens is 284 g/mol. The number of hydrogen-bond acceptors (Lipinski definition) is 3. The molecule has 4 nitrogen and oxygen atoms in total. The molecule has 1 saturated heterocycles. The predicted octanol–water partition coefficient (Wildman–Crippen LogP) is 2.83. The van der Waals surface area contributed by atoms with Gasteiger partial charge in [-0.2, -0.15) is 0 Å². The zero-order valence-electron chi connectivity index (χ0n) is 14.4. The van der Waals surface area contributed by atoms with E-state index in [4.69, 9.17) is 0 Å². The molecule has 0 bridgehead atoms. The van der Waals surface area contributed by atoms with Crippen molar-refractivity contribution in [3.8, 4) is 0 Å². The van der Waals surface area contributed by atoms with E-state index in [1.54, 1.807) is 0 Å². The van der Waals surface area contributed by atoms with Crippen molar-refractivity contribution in [2.24, 2.45) is 5.92 Å². The first kappa shape index (κ1) is 15.6. The molecule has 2 aliphatic heterocycles. The Morgan fingerprint density at radius 1 is 1.04 bits per heavy atom. The van der Waals surface area contributed by atoms with E-state index in [0.29, 0.717) is 0 Å². The number of likely N-dealkylation sites (tertiary alicyclic amines) is 1. The summed E-state index contributed by atoms with van der Waals surface area (Å²) in [7, 11) is 0. The Bertz CT molecular complexity index is 483. The maximum atomic E-state index is 4.43. The van der Waals surface area contributed by atoms with Gasteiger partial charge in [0.2, 0.25) is 0 Å². The molecule has 0 spiro atoms. The van der Waals surface area contributed by atoms with E-state index >= 15 is 0 Å². The number of piperidine rings is 1. The summed E-state index contributed by atoms with van der Waals surface area (Å²) >= 11 is 0. The Morgan fingerprint density at radius 2 is 1.87 bits per heavy atom. The lowest BCUT2D eigenvalue weighted by molar-refractivity contribution is 0.114. The molecule has 1 saturated carbocycles. The normalized spacial score (nSPS) is 27.9. The van der Waals surface area contributed by atoms with E-state index in [9.17, 15) is 0 Å². The third kappa shape index (κ3) is 3.80. The van der Waals surface area contributed by atoms with Gasteiger partial charge in [0.05, 0.1) is 0 Å². The van der Waals surface area contributed by atoms with Crippen molar-refractivity contribution in [3.05, 3.63) is 18.2 Å². The molecule has 23 heavy (non-hydrogen) atoms. The minimum absolute atomic E-state index is 0.749. The second-order valence-electron chi connectivity index (χ2n) is 7.91. The highest BCUT2D eigenvalue weighted by molar-refractivity contribution is 4.97. The van der Waals surface area contributed by atoms with Gasteiger partial charge in [0.1, 0.15) is 5.82 Å². The Balaban J connectivity index is 1.18. The minimum Gasteiger partial charge on any atom is -0.335 e. The molecule has 0 aromatic carbocycles. The Kier molecular flexibility index (Phi) is 5.00. The van der Waals surface area contributed by atoms with E-state index in [-0.39, 0.29) is 0 Å². The lowest BCUT2D eigenvalue weighted by atomic mass is 9.92. The molecule has 1 aliphatic carbocycles. The summed E-state index contributed by atoms with van der Waals surface area (Å²) in [4.78, 5) is 7.22. The summed E-state index contributed by atoms with van der Waals surface area (Å²) < 4.78 is 2.35. The van der Waals surface area contributed by atoms with Crippen molar-refractivity contribution < 1.29 is 0 Å². The van der Waals surface area contributed by atoms with Crippen molar-refractivity contribution in [2.75, 3.05) is 19.6 Å². The largest absolute Gasteiger partial charge is 0.335 e. The maximum Gasteiger partial charge on any atom is 0.108 e. The molecule has 4 rings (SSSR count). The predicted molar refractivity (Wildman–Crippen MR) is 93.5 cm³/mol. The fraction of sp³-hybridized carbons (Fsp3) is 0.842. The fourth-order valence-corrected chi connectivity index (χ4v) is 4.85. The van der Waals surface area contributed by atoms with Crippen LogP contribution in [-0.4, -0.2) is 46.2 Å². The van der Waals surface area contributed by atoms with Crippen LogP contribution in [0.5, 0.6) is 0 Å². The van der Waals surface area contributed by atoms with Crippen molar-refractivity contribution in [1.29, 1.82) is 0 Å². The number of aryl methyl sites for hydroxylation is 1. The second kappa shape index (κ2) is 7.35. The van der Waals surface area contributed by atoms with Crippen LogP contribution in [-0.2, 0) is 13.0 Å². The van der Waals surface area contributed by atoms with Crippen LogP contribution in [0.4, 0.5) is 0 Å². The molecule has 3 heterocycles. The van der Waals surface area contributed by atoms with Gasteiger partial charge in [0, 0.05) is 37.4 Å². The average molecular weight is 316 g/mol. The number of fused-ring (bicyclic) bond motifs is 1. The molecule has 4 heteroatoms. The monoisotopic (exact) mass is 316 g/mol. The van der Waals surface area contributed by atoms with Crippen LogP contribution in [0.2, 0.25) is 0 Å². The van der Waals surface area contributed by atoms with Crippen LogP contribution in [0.15, 0.2) is 12.4 Å². The number of imidazole rings is 1. The van der Waals surface area contributed by atoms with Crippen molar-refractivity contribution in [1.82, 2.24) is 19.8 Å². The van der Waals surface area contributed by atoms with Gasteiger partial charge in [-0.15, -0.1) is 0 Å². The molecule has 1 aromatic heterocycles. The molecule has 1 N–H and O–H groups in total. The Hall–Kier alpha value is -0.870. The smallest absolute Gasteiger partial charge is 0.108 e. The molecular formula is C19H32N4. The van der Waals surface area contributed by atoms with Crippen LogP contribution < -0.4 is 5.32 Å². The van der Waals surface area contributed by atoms with Gasteiger partial charge in [0.15, 0.2) is 0 Å². The van der Waals surface area contributed by atoms with Crippen LogP contribution in [0.1, 0.15) is 57.2 Å². The molecule has 1 atom stereocenters. The number of rotatable bonds is 4. The third-order valence-electron chi connectivity index (χ3n) is 6.35. The molecule has 3 aliphatic rings. The zero-order chi connectivity index (χ0) is 15.5. The Labute approximate surface area is 140 Å². The highest BCUT2D eigenvalue weighted by Gasteiger charge is 2.26. The average Bonchev–Trinajstić information content (AvgIpc) is 3.09. The van der Waals surface area contributed by atoms with Gasteiger partial charge >= 0.3 is 0 Å². The number of hydrogen-bond donors (Lipinski definition) is 1. The second-order valence-corrected chi connectivity index (χ2v) is 7.91. The van der Waals surface area contributed by atoms with Crippen molar-refractivity contribution in [2.45, 2.75) is 76.4 Å². The van der Waals surface area contributed by atoms with Gasteiger partial charge in [-0.1, -0.05) is 19.3 Å². The molecule has 0 amide bonds. The van der Waals surface area contributed by atoms with E-state index in [2.05, 4.69) is 26.0 Å². The minimum atomic E-state index is 0.749. The van der Waals surface area contributed by atoms with Crippen LogP contribution in [0.3, 0.4) is 0 Å². The van der Waals surface area contributed by atoms with Gasteiger partial charge in [-0.25, -0.2) is 4.98 Å². The first-order valence-electron chi connectivity index (χ1n) is 9.86. The summed E-state index contributed by atoms with van der Waals surface area (Å²) in [6.45, 7) is 4.98. The molecule has 0 radical (unpaired) electrons. The summed E-state index contributed by atoms with van der Waals surface area (Å²) in [5, 5.41) is 3.88. The molecule has 1 unspecified atom stereocenters. The van der Waals surface area contributed by atoms with Gasteiger partial charge in [-0.05, 0) is 57.7 Å². The number of aromatic nitrogens is 2. The quantitative estimate of drug-likeness (QED) is 0.927. The topological polar surface area (TPSA) is 33.1 Å². The van der Waals surface area contributed by atoms with E-state index in [1.165, 1.54) is 76.8 Å². The van der Waals surface area contributed by atoms with E-state index in [0.717, 1.165) is 31.0 Å². The molecule has 1 aromatic rings. The van der Waals surface area contributed by atoms with Crippen LogP contribution >= 0.6 is 0 Å². The summed E-state index contributed by atoms with van der Waals surface area (Å²) in [5.41, 5.74) is 0. The highest BCUT2D eigenvalue weighted by atomic mass is 15.2. The van der Waals surface area contributed by atoms with Gasteiger partial charge in [-0.3, -0.25) is 0 Å². The summed E-state index contributed by atoms with van der Waals surface area (Å²) in [6, 6.07) is 1.65. The molecule has 2 fully saturated rings. The fourth-order valence-electron chi connectivity index (χ4n) is 4.85. The first-order valence-corrected chi connectivity index (χ1v) is 9.86. The zero-order valence-corrected chi connectivity index (χ0v) is 14.4. The number of nitrogens with zero attached hydrogens (tertiary/aromatic N) is 3. The lowest BCUT2D eigenvalue weighted by Gasteiger charge is -2.40. The summed E-state index contributed by atoms with van der Waals surface area (Å²) in [5.74, 6) is 2.06. The third-order valence-corrected chi connectivity index (χ3v) is 6.35. The first-order chi connectivity index (χ1) is 11.4. The van der Waals surface area contributed by atoms with E-state index in [1.807, 2.05) is 6.20 Å². The Morgan fingerprint density at radius 3 is 2.70 bits per heavy atom. The van der Waals surface area contributed by atoms with Crippen LogP contribution in [0.25, 0.3) is 0 Å². The standard InChI is InChI=1S/C19H32N4/c1-2-4-18(5-3-1)22-11-8-17(9-12-22)21-14-16-6-7-19-20-10-13-23(19)15-16/h10,13,16-18,21H,1-9,11-12,14-15H2. The molecule has 128 valence electrons. The van der Waals surface area contributed by atoms with Gasteiger partial charge in [0.25, 0.3) is 0 Å². The maximum absolute atomic E-state index is 4.43. The van der Waals surface area contributed by atoms with Gasteiger partial charge < -0.3 is 14.8 Å². The number of nitrogens with one attached hydrogen (secondary N) is 1. The van der Waals surface area contributed by atoms with E-state index < -0.39 is 0 Å². The lowest BCUT2D eigenvalue weighted by Crippen LogP contribution is -2.48. The highest BCUT2D eigenvalue weighted by Crippen LogP contribution is 2.25. The SMILES string of the molecule is c1cn2c(n1)CCC(CNC1CCN(C3CCCCC3)CC1)C2. The van der Waals surface area contributed by atoms with Crippen molar-refractivity contribution >= 4 is 0 Å². The van der Waals surface area contributed by atoms with Crippen molar-refractivity contribution in [3.63, 3.8) is 0 Å². The summed E-state index contributed by atoms with van der Waals surface area (Å²) in [6.07, 6.45) is 16.5.